The lowest BCUT2D eigenvalue weighted by atomic mass is 9.91. The molecule has 0 unspecified atom stereocenters. The molecule has 110 valence electrons. The van der Waals surface area contributed by atoms with E-state index >= 15 is 0 Å². The molecule has 4 heteroatoms. The van der Waals surface area contributed by atoms with Gasteiger partial charge >= 0.3 is 0 Å². The number of amides is 1. The smallest absolute Gasteiger partial charge is 0.264 e. The van der Waals surface area contributed by atoms with E-state index in [0.29, 0.717) is 17.0 Å². The van der Waals surface area contributed by atoms with Gasteiger partial charge in [0.15, 0.2) is 5.78 Å². The first-order valence-corrected chi connectivity index (χ1v) is 7.13. The molecule has 1 atom stereocenters. The van der Waals surface area contributed by atoms with Crippen LogP contribution >= 0.6 is 0 Å². The predicted octanol–water partition coefficient (Wildman–Crippen LogP) is 3.22. The Hall–Kier alpha value is -2.75. The lowest BCUT2D eigenvalue weighted by Crippen LogP contribution is -2.33. The zero-order chi connectivity index (χ0) is 15.7. The zero-order valence-electron chi connectivity index (χ0n) is 12.5. The van der Waals surface area contributed by atoms with Crippen LogP contribution in [0.5, 0.6) is 0 Å². The van der Waals surface area contributed by atoms with Gasteiger partial charge in [0.05, 0.1) is 11.4 Å². The van der Waals surface area contributed by atoms with Crippen LogP contribution in [-0.4, -0.2) is 17.4 Å². The quantitative estimate of drug-likeness (QED) is 0.644. The van der Waals surface area contributed by atoms with E-state index in [4.69, 9.17) is 0 Å². The van der Waals surface area contributed by atoms with Gasteiger partial charge in [0.2, 0.25) is 0 Å². The highest BCUT2D eigenvalue weighted by Crippen LogP contribution is 2.26. The van der Waals surface area contributed by atoms with Crippen LogP contribution < -0.4 is 5.01 Å². The molecule has 1 heterocycles. The lowest BCUT2D eigenvalue weighted by Gasteiger charge is -2.14. The Morgan fingerprint density at radius 1 is 1.00 bits per heavy atom. The Labute approximate surface area is 129 Å². The van der Waals surface area contributed by atoms with Gasteiger partial charge in [-0.25, -0.2) is 0 Å². The molecule has 0 saturated heterocycles. The summed E-state index contributed by atoms with van der Waals surface area (Å²) in [5, 5.41) is 5.59. The van der Waals surface area contributed by atoms with Crippen LogP contribution in [0.1, 0.15) is 22.8 Å². The third kappa shape index (κ3) is 2.33. The summed E-state index contributed by atoms with van der Waals surface area (Å²) in [6.07, 6.45) is 0. The minimum atomic E-state index is -0.832. The van der Waals surface area contributed by atoms with Crippen molar-refractivity contribution in [1.29, 1.82) is 0 Å². The minimum absolute atomic E-state index is 0.192. The summed E-state index contributed by atoms with van der Waals surface area (Å²) >= 11 is 0. The Balaban J connectivity index is 1.94. The number of nitrogens with zero attached hydrogens (tertiary/aromatic N) is 2. The first kappa shape index (κ1) is 14.2. The molecule has 0 aliphatic carbocycles. The van der Waals surface area contributed by atoms with Crippen LogP contribution in [0.2, 0.25) is 0 Å². The Morgan fingerprint density at radius 2 is 1.64 bits per heavy atom. The van der Waals surface area contributed by atoms with Crippen molar-refractivity contribution in [3.63, 3.8) is 0 Å². The number of ketones is 1. The molecule has 1 aliphatic heterocycles. The lowest BCUT2D eigenvalue weighted by molar-refractivity contribution is -0.118. The molecular weight excluding hydrogens is 276 g/mol. The number of anilines is 1. The van der Waals surface area contributed by atoms with E-state index < -0.39 is 5.92 Å². The largest absolute Gasteiger partial charge is 0.293 e. The van der Waals surface area contributed by atoms with Crippen molar-refractivity contribution in [3.8, 4) is 0 Å². The molecule has 2 aromatic carbocycles. The van der Waals surface area contributed by atoms with Crippen LogP contribution in [0.3, 0.4) is 0 Å². The number of carbonyl (C=O) groups excluding carboxylic acids is 2. The van der Waals surface area contributed by atoms with Crippen LogP contribution in [0.15, 0.2) is 59.7 Å². The summed E-state index contributed by atoms with van der Waals surface area (Å²) in [6, 6.07) is 16.5. The number of hydrogen-bond acceptors (Lipinski definition) is 3. The van der Waals surface area contributed by atoms with E-state index in [9.17, 15) is 9.59 Å². The van der Waals surface area contributed by atoms with Gasteiger partial charge in [-0.2, -0.15) is 10.1 Å². The van der Waals surface area contributed by atoms with Crippen LogP contribution in [0, 0.1) is 12.8 Å². The predicted molar refractivity (Wildman–Crippen MR) is 86.0 cm³/mol. The second kappa shape index (κ2) is 5.56. The van der Waals surface area contributed by atoms with Gasteiger partial charge in [-0.1, -0.05) is 42.5 Å². The fraction of sp³-hybridized carbons (Fsp3) is 0.167. The Kier molecular flexibility index (Phi) is 3.59. The van der Waals surface area contributed by atoms with Crippen LogP contribution in [0.4, 0.5) is 5.69 Å². The van der Waals surface area contributed by atoms with Gasteiger partial charge in [-0.3, -0.25) is 9.59 Å². The summed E-state index contributed by atoms with van der Waals surface area (Å²) in [7, 11) is 0. The maximum atomic E-state index is 12.7. The molecule has 0 radical (unpaired) electrons. The van der Waals surface area contributed by atoms with Gasteiger partial charge in [-0.15, -0.1) is 0 Å². The highest BCUT2D eigenvalue weighted by Gasteiger charge is 2.40. The van der Waals surface area contributed by atoms with Crippen molar-refractivity contribution >= 4 is 23.1 Å². The van der Waals surface area contributed by atoms with E-state index in [1.807, 2.05) is 37.3 Å². The van der Waals surface area contributed by atoms with Crippen LogP contribution in [-0.2, 0) is 4.79 Å². The molecule has 0 spiro atoms. The SMILES string of the molecule is CC1=NN(c2ccccc2)C(=O)[C@@H]1C(=O)c1ccccc1C. The fourth-order valence-electron chi connectivity index (χ4n) is 2.63. The van der Waals surface area contributed by atoms with Gasteiger partial charge in [-0.05, 0) is 31.5 Å². The number of hydrazone groups is 1. The summed E-state index contributed by atoms with van der Waals surface area (Å²) in [5.74, 6) is -1.32. The van der Waals surface area contributed by atoms with Gasteiger partial charge in [0.1, 0.15) is 5.92 Å². The monoisotopic (exact) mass is 292 g/mol. The van der Waals surface area contributed by atoms with Crippen LogP contribution in [0.25, 0.3) is 0 Å². The standard InChI is InChI=1S/C18H16N2O2/c1-12-8-6-7-11-15(12)17(21)16-13(2)19-20(18(16)22)14-9-4-3-5-10-14/h3-11,16H,1-2H3/t16-/m0/s1. The number of benzene rings is 2. The minimum Gasteiger partial charge on any atom is -0.293 e. The summed E-state index contributed by atoms with van der Waals surface area (Å²) in [6.45, 7) is 3.59. The first-order valence-electron chi connectivity index (χ1n) is 7.13. The number of aryl methyl sites for hydroxylation is 1. The molecule has 3 rings (SSSR count). The molecule has 0 saturated carbocycles. The van der Waals surface area contributed by atoms with Crippen molar-refractivity contribution in [1.82, 2.24) is 0 Å². The molecule has 0 bridgehead atoms. The first-order chi connectivity index (χ1) is 10.6. The number of Topliss-reactive ketones (excluding diaryl/α,β-unsaturated/α-hetero) is 1. The van der Waals surface area contributed by atoms with Crippen molar-refractivity contribution in [2.75, 3.05) is 5.01 Å². The number of hydrogen-bond donors (Lipinski definition) is 0. The molecule has 22 heavy (non-hydrogen) atoms. The second-order valence-corrected chi connectivity index (χ2v) is 5.34. The third-order valence-electron chi connectivity index (χ3n) is 3.80. The van der Waals surface area contributed by atoms with Crippen molar-refractivity contribution in [2.45, 2.75) is 13.8 Å². The average molecular weight is 292 g/mol. The average Bonchev–Trinajstić information content (AvgIpc) is 2.83. The molecule has 0 N–H and O–H groups in total. The maximum Gasteiger partial charge on any atom is 0.264 e. The van der Waals surface area contributed by atoms with Gasteiger partial charge in [0, 0.05) is 5.56 Å². The molecule has 0 fully saturated rings. The van der Waals surface area contributed by atoms with Gasteiger partial charge < -0.3 is 0 Å². The highest BCUT2D eigenvalue weighted by atomic mass is 16.2. The molecular formula is C18H16N2O2. The molecule has 1 aliphatic rings. The van der Waals surface area contributed by atoms with Crippen molar-refractivity contribution < 1.29 is 9.59 Å². The Bertz CT molecular complexity index is 766. The number of para-hydroxylation sites is 1. The Morgan fingerprint density at radius 3 is 2.32 bits per heavy atom. The van der Waals surface area contributed by atoms with Crippen molar-refractivity contribution in [3.05, 3.63) is 65.7 Å². The molecule has 1 amide bonds. The van der Waals surface area contributed by atoms with E-state index in [1.54, 1.807) is 31.2 Å². The fourth-order valence-corrected chi connectivity index (χ4v) is 2.63. The number of carbonyl (C=O) groups is 2. The van der Waals surface area contributed by atoms with E-state index in [-0.39, 0.29) is 11.7 Å². The zero-order valence-corrected chi connectivity index (χ0v) is 12.5. The number of rotatable bonds is 3. The van der Waals surface area contributed by atoms with E-state index in [1.165, 1.54) is 5.01 Å². The van der Waals surface area contributed by atoms with Crippen molar-refractivity contribution in [2.24, 2.45) is 11.0 Å². The topological polar surface area (TPSA) is 49.7 Å². The molecule has 0 aromatic heterocycles. The normalized spacial score (nSPS) is 17.5. The second-order valence-electron chi connectivity index (χ2n) is 5.34. The summed E-state index contributed by atoms with van der Waals surface area (Å²) < 4.78 is 0. The van der Waals surface area contributed by atoms with Gasteiger partial charge in [0.25, 0.3) is 5.91 Å². The maximum absolute atomic E-state index is 12.7. The summed E-state index contributed by atoms with van der Waals surface area (Å²) in [4.78, 5) is 25.4. The van der Waals surface area contributed by atoms with E-state index in [2.05, 4.69) is 5.10 Å². The van der Waals surface area contributed by atoms with E-state index in [0.717, 1.165) is 5.56 Å². The summed E-state index contributed by atoms with van der Waals surface area (Å²) in [5.41, 5.74) is 2.64. The third-order valence-corrected chi connectivity index (χ3v) is 3.80. The molecule has 4 nitrogen and oxygen atoms in total. The highest BCUT2D eigenvalue weighted by molar-refractivity contribution is 6.30. The molecule has 2 aromatic rings.